The number of aromatic nitrogens is 5. The number of nitrogens with zero attached hydrogens (tertiary/aromatic N) is 8. The summed E-state index contributed by atoms with van der Waals surface area (Å²) in [5, 5.41) is 25.5. The van der Waals surface area contributed by atoms with Crippen LogP contribution in [0, 0.1) is 29.2 Å². The van der Waals surface area contributed by atoms with Crippen molar-refractivity contribution in [2.75, 3.05) is 0 Å². The van der Waals surface area contributed by atoms with Crippen LogP contribution in [-0.4, -0.2) is 24.1 Å². The Hall–Kier alpha value is -13.8. The van der Waals surface area contributed by atoms with E-state index >= 15 is 0 Å². The summed E-state index contributed by atoms with van der Waals surface area (Å²) in [5.74, 6) is 1.25. The molecule has 17 rings (SSSR count). The van der Waals surface area contributed by atoms with Crippen molar-refractivity contribution in [3.05, 3.63) is 350 Å². The van der Waals surface area contributed by atoms with Gasteiger partial charge in [-0.2, -0.15) is 10.5 Å². The van der Waals surface area contributed by atoms with Crippen LogP contribution in [0.5, 0.6) is 0 Å². The Morgan fingerprint density at radius 3 is 0.959 bits per heavy atom. The molecule has 0 amide bonds. The Kier molecular flexibility index (Phi) is 14.5. The zero-order valence-electron chi connectivity index (χ0n) is 52.8. The lowest BCUT2D eigenvalue weighted by Crippen LogP contribution is -2.03. The van der Waals surface area contributed by atoms with Gasteiger partial charge in [0.05, 0.1) is 63.3 Å². The quantitative estimate of drug-likeness (QED) is 0.113. The molecule has 0 spiro atoms. The van der Waals surface area contributed by atoms with Crippen molar-refractivity contribution in [1.82, 2.24) is 24.1 Å². The third-order valence-electron chi connectivity index (χ3n) is 18.7. The molecule has 98 heavy (non-hydrogen) atoms. The highest BCUT2D eigenvalue weighted by Crippen LogP contribution is 2.45. The van der Waals surface area contributed by atoms with Crippen LogP contribution in [0.25, 0.3) is 172 Å². The molecule has 8 heteroatoms. The smallest absolute Gasteiger partial charge is 0.194 e. The van der Waals surface area contributed by atoms with Gasteiger partial charge in [-0.05, 0) is 164 Å². The zero-order valence-corrected chi connectivity index (χ0v) is 52.8. The van der Waals surface area contributed by atoms with E-state index in [1.807, 2.05) is 121 Å². The molecule has 0 aliphatic carbocycles. The van der Waals surface area contributed by atoms with Gasteiger partial charge >= 0.3 is 0 Å². The Labute approximate surface area is 566 Å². The molecule has 8 nitrogen and oxygen atoms in total. The third kappa shape index (κ3) is 10.3. The highest BCUT2D eigenvalue weighted by Gasteiger charge is 2.24. The summed E-state index contributed by atoms with van der Waals surface area (Å²) in [6.45, 7) is 8.59. The second kappa shape index (κ2) is 24.6. The summed E-state index contributed by atoms with van der Waals surface area (Å²) in [6, 6.07) is 117. The average molecular weight is 1250 g/mol. The molecule has 0 unspecified atom stereocenters. The van der Waals surface area contributed by atoms with Crippen molar-refractivity contribution in [3.8, 4) is 136 Å². The number of hydrogen-bond donors (Lipinski definition) is 0. The molecule has 0 radical (unpaired) electrons. The van der Waals surface area contributed by atoms with Gasteiger partial charge < -0.3 is 9.13 Å². The van der Waals surface area contributed by atoms with E-state index in [2.05, 4.69) is 232 Å². The van der Waals surface area contributed by atoms with Crippen LogP contribution in [0.4, 0.5) is 5.69 Å². The summed E-state index contributed by atoms with van der Waals surface area (Å²) < 4.78 is 4.65. The molecule has 0 saturated carbocycles. The highest BCUT2D eigenvalue weighted by atomic mass is 15.0. The molecule has 0 aliphatic heterocycles. The van der Waals surface area contributed by atoms with Crippen LogP contribution >= 0.6 is 0 Å². The van der Waals surface area contributed by atoms with Crippen LogP contribution < -0.4 is 0 Å². The van der Waals surface area contributed by atoms with Gasteiger partial charge in [-0.15, -0.1) is 0 Å². The van der Waals surface area contributed by atoms with Gasteiger partial charge in [-0.25, -0.2) is 19.8 Å². The van der Waals surface area contributed by atoms with Gasteiger partial charge in [0.2, 0.25) is 0 Å². The Balaban J connectivity index is 0.888. The lowest BCUT2D eigenvalue weighted by Gasteiger charge is -2.18. The molecule has 0 saturated heterocycles. The van der Waals surface area contributed by atoms with Gasteiger partial charge in [0.25, 0.3) is 0 Å². The SMILES string of the molecule is [C-]#[N+]c1ccccc1-c1cc(-c2nc(-c3ccc(-c4ccccc4C#N)cc3)nc(-c3ccc(-n4c5ccc(-c6ccccc6)cc5c5cc(-c6ccccc6)ccc54)c(-c4ccccc4C#N)c3)n2)ccc1-n1c2ccc(-c3ccccc3)cc2c2cc(-c3ccccc3)ccc21. The van der Waals surface area contributed by atoms with Crippen LogP contribution in [0.1, 0.15) is 11.1 Å². The zero-order chi connectivity index (χ0) is 65.6. The van der Waals surface area contributed by atoms with Crippen molar-refractivity contribution in [2.45, 2.75) is 0 Å². The maximum Gasteiger partial charge on any atom is 0.194 e. The number of benzene rings is 14. The molecular formula is C90H54N8. The van der Waals surface area contributed by atoms with Gasteiger partial charge in [0.1, 0.15) is 0 Å². The third-order valence-corrected chi connectivity index (χ3v) is 18.7. The normalized spacial score (nSPS) is 11.2. The first-order chi connectivity index (χ1) is 48.4. The van der Waals surface area contributed by atoms with E-state index in [1.54, 1.807) is 0 Å². The molecular weight excluding hydrogens is 1190 g/mol. The van der Waals surface area contributed by atoms with E-state index in [9.17, 15) is 10.5 Å². The molecule has 454 valence electrons. The molecule has 3 aromatic heterocycles. The molecule has 14 aromatic carbocycles. The van der Waals surface area contributed by atoms with E-state index in [0.29, 0.717) is 45.4 Å². The lowest BCUT2D eigenvalue weighted by atomic mass is 9.96. The largest absolute Gasteiger partial charge is 0.309 e. The monoisotopic (exact) mass is 1250 g/mol. The Morgan fingerprint density at radius 2 is 0.561 bits per heavy atom. The fourth-order valence-electron chi connectivity index (χ4n) is 14.0. The Bertz CT molecular complexity index is 5610. The van der Waals surface area contributed by atoms with Crippen molar-refractivity contribution in [3.63, 3.8) is 0 Å². The van der Waals surface area contributed by atoms with Crippen molar-refractivity contribution in [2.24, 2.45) is 0 Å². The highest BCUT2D eigenvalue weighted by molar-refractivity contribution is 6.14. The van der Waals surface area contributed by atoms with Crippen molar-refractivity contribution in [1.29, 1.82) is 10.5 Å². The number of nitriles is 2. The first-order valence-electron chi connectivity index (χ1n) is 32.5. The fraction of sp³-hybridized carbons (Fsp3) is 0. The maximum absolute atomic E-state index is 11.0. The van der Waals surface area contributed by atoms with Gasteiger partial charge in [-0.3, -0.25) is 0 Å². The topological polar surface area (TPSA) is 100 Å². The summed E-state index contributed by atoms with van der Waals surface area (Å²) in [7, 11) is 0. The van der Waals surface area contributed by atoms with Crippen LogP contribution in [-0.2, 0) is 0 Å². The standard InChI is InChI=1S/C90H54N8/c1-93-81-33-19-18-32-74(81)76-55-69(43-49-83(76)98-86-46-40-66(60-24-10-4-11-25-60)52-79(86)80-53-67(41-47-87(80)98)61-26-12-5-13-27-61)90-95-88(63-36-34-62(35-37-63)72-30-16-14-28-70(72)56-91)94-89(96-90)68-42-48-82(75(54-68)73-31-17-15-29-71(73)57-92)97-84-44-38-64(58-20-6-2-7-21-58)50-77(84)78-51-65(39-45-85(78)97)59-22-8-3-9-23-59/h2-55H. The van der Waals surface area contributed by atoms with Crippen LogP contribution in [0.15, 0.2) is 328 Å². The summed E-state index contributed by atoms with van der Waals surface area (Å²) in [6.07, 6.45) is 0. The minimum Gasteiger partial charge on any atom is -0.309 e. The molecule has 0 atom stereocenters. The minimum absolute atomic E-state index is 0.409. The van der Waals surface area contributed by atoms with Crippen LogP contribution in [0.2, 0.25) is 0 Å². The average Bonchev–Trinajstić information content (AvgIpc) is 1.57. The van der Waals surface area contributed by atoms with Gasteiger partial charge in [-0.1, -0.05) is 231 Å². The summed E-state index contributed by atoms with van der Waals surface area (Å²) >= 11 is 0. The number of hydrogen-bond acceptors (Lipinski definition) is 5. The van der Waals surface area contributed by atoms with E-state index < -0.39 is 0 Å². The Morgan fingerprint density at radius 1 is 0.255 bits per heavy atom. The molecule has 17 aromatic rings. The van der Waals surface area contributed by atoms with Crippen molar-refractivity contribution < 1.29 is 0 Å². The first-order valence-corrected chi connectivity index (χ1v) is 32.5. The van der Waals surface area contributed by atoms with E-state index in [0.717, 1.165) is 138 Å². The molecule has 3 heterocycles. The number of fused-ring (bicyclic) bond motifs is 6. The minimum atomic E-state index is 0.409. The maximum atomic E-state index is 11.0. The fourth-order valence-corrected chi connectivity index (χ4v) is 14.0. The van der Waals surface area contributed by atoms with E-state index in [4.69, 9.17) is 21.5 Å². The molecule has 0 bridgehead atoms. The second-order valence-corrected chi connectivity index (χ2v) is 24.4. The van der Waals surface area contributed by atoms with E-state index in [1.165, 1.54) is 0 Å². The van der Waals surface area contributed by atoms with Crippen molar-refractivity contribution >= 4 is 49.3 Å². The summed E-state index contributed by atoms with van der Waals surface area (Å²) in [5.41, 5.74) is 23.3. The van der Waals surface area contributed by atoms with E-state index in [-0.39, 0.29) is 0 Å². The predicted molar refractivity (Wildman–Crippen MR) is 399 cm³/mol. The molecule has 0 aliphatic rings. The lowest BCUT2D eigenvalue weighted by molar-refractivity contribution is 1.07. The predicted octanol–water partition coefficient (Wildman–Crippen LogP) is 23.0. The first kappa shape index (κ1) is 58.0. The number of rotatable bonds is 12. The summed E-state index contributed by atoms with van der Waals surface area (Å²) in [4.78, 5) is 20.4. The second-order valence-electron chi connectivity index (χ2n) is 24.4. The molecule has 0 fully saturated rings. The van der Waals surface area contributed by atoms with Gasteiger partial charge in [0.15, 0.2) is 23.2 Å². The van der Waals surface area contributed by atoms with Crippen LogP contribution in [0.3, 0.4) is 0 Å². The number of para-hydroxylation sites is 1. The van der Waals surface area contributed by atoms with Gasteiger partial charge in [0, 0.05) is 49.4 Å². The molecule has 0 N–H and O–H groups in total.